The Morgan fingerprint density at radius 2 is 0.559 bits per heavy atom. The van der Waals surface area contributed by atoms with Gasteiger partial charge in [0.2, 0.25) is 0 Å². The highest BCUT2D eigenvalue weighted by atomic mass is 16.1. The van der Waals surface area contributed by atoms with E-state index in [-0.39, 0.29) is 33.8 Å². The van der Waals surface area contributed by atoms with Crippen LogP contribution in [0.3, 0.4) is 0 Å². The molecule has 16 aromatic rings. The molecule has 3 aromatic heterocycles. The average Bonchev–Trinajstić information content (AvgIpc) is 0.766. The molecule has 7 heteroatoms. The molecule has 0 unspecified atom stereocenters. The van der Waals surface area contributed by atoms with E-state index in [1.807, 2.05) is 24.3 Å². The minimum atomic E-state index is -0.258. The maximum atomic E-state index is 15.0. The van der Waals surface area contributed by atoms with Crippen molar-refractivity contribution in [2.45, 2.75) is 105 Å². The lowest BCUT2D eigenvalue weighted by molar-refractivity contribution is 0.568. The van der Waals surface area contributed by atoms with Gasteiger partial charge in [0.25, 0.3) is 6.71 Å². The van der Waals surface area contributed by atoms with E-state index in [2.05, 4.69) is 361 Å². The number of anilines is 6. The third-order valence-corrected chi connectivity index (χ3v) is 22.0. The van der Waals surface area contributed by atoms with Crippen molar-refractivity contribution in [3.8, 4) is 39.3 Å². The SMILES string of the molecule is CC(C)(C)c1cc(N2c3cc(-n4c5ccccc5c5cc(-c6ccccc6)ccc54)ccc3B3c4ccc(-n5c6ccccc6c6cc(-c7ccccc7)ccc65)cc4N(c4cc(C(C)(C)C)cc(C(C)(C)C)c4)c4cc(-n5c6ccccc6c(=O)c6ccccc65)cc2c43)cc(C(C)(C)C)c1. The molecule has 0 fully saturated rings. The molecule has 5 heterocycles. The lowest BCUT2D eigenvalue weighted by atomic mass is 9.33. The third kappa shape index (κ3) is 10.0. The fraction of sp³-hybridized carbons (Fsp3) is 0.168. The highest BCUT2D eigenvalue weighted by Gasteiger charge is 2.45. The zero-order valence-corrected chi connectivity index (χ0v) is 60.3. The van der Waals surface area contributed by atoms with Crippen molar-refractivity contribution < 1.29 is 0 Å². The van der Waals surface area contributed by atoms with E-state index < -0.39 is 0 Å². The molecule has 0 spiro atoms. The molecule has 0 radical (unpaired) electrons. The smallest absolute Gasteiger partial charge is 0.252 e. The van der Waals surface area contributed by atoms with Crippen molar-refractivity contribution >= 4 is 123 Å². The summed E-state index contributed by atoms with van der Waals surface area (Å²) in [5.41, 5.74) is 28.5. The van der Waals surface area contributed by atoms with Gasteiger partial charge in [-0.3, -0.25) is 4.79 Å². The van der Waals surface area contributed by atoms with E-state index in [9.17, 15) is 4.79 Å². The van der Waals surface area contributed by atoms with Crippen molar-refractivity contribution in [3.63, 3.8) is 0 Å². The molecule has 0 amide bonds. The molecule has 13 aromatic carbocycles. The van der Waals surface area contributed by atoms with Crippen LogP contribution in [0.5, 0.6) is 0 Å². The lowest BCUT2D eigenvalue weighted by Gasteiger charge is -2.45. The summed E-state index contributed by atoms with van der Waals surface area (Å²) in [5, 5.41) is 6.16. The molecule has 6 nitrogen and oxygen atoms in total. The van der Waals surface area contributed by atoms with E-state index in [1.165, 1.54) is 82.4 Å². The Hall–Kier alpha value is -11.4. The first-order chi connectivity index (χ1) is 49.0. The average molecular weight is 1320 g/mol. The predicted molar refractivity (Wildman–Crippen MR) is 435 cm³/mol. The largest absolute Gasteiger partial charge is 0.311 e. The van der Waals surface area contributed by atoms with Crippen LogP contribution in [0, 0.1) is 0 Å². The lowest BCUT2D eigenvalue weighted by Crippen LogP contribution is -2.61. The van der Waals surface area contributed by atoms with Gasteiger partial charge in [0, 0.05) is 77.8 Å². The zero-order valence-electron chi connectivity index (χ0n) is 60.3. The van der Waals surface area contributed by atoms with Gasteiger partial charge in [-0.1, -0.05) is 241 Å². The monoisotopic (exact) mass is 1320 g/mol. The zero-order chi connectivity index (χ0) is 70.0. The van der Waals surface area contributed by atoms with Crippen LogP contribution in [0.25, 0.3) is 105 Å². The van der Waals surface area contributed by atoms with Crippen LogP contribution < -0.4 is 31.6 Å². The first kappa shape index (κ1) is 62.8. The highest BCUT2D eigenvalue weighted by molar-refractivity contribution is 7.00. The Morgan fingerprint density at radius 3 is 0.931 bits per heavy atom. The minimum absolute atomic E-state index is 0.0214. The van der Waals surface area contributed by atoms with Gasteiger partial charge in [-0.15, -0.1) is 0 Å². The normalized spacial score (nSPS) is 13.3. The second-order valence-corrected chi connectivity index (χ2v) is 32.6. The molecule has 0 atom stereocenters. The van der Waals surface area contributed by atoms with Crippen molar-refractivity contribution in [3.05, 3.63) is 312 Å². The quantitative estimate of drug-likeness (QED) is 0.118. The maximum absolute atomic E-state index is 15.0. The molecule has 0 saturated carbocycles. The van der Waals surface area contributed by atoms with Crippen LogP contribution in [-0.4, -0.2) is 20.4 Å². The Labute approximate surface area is 598 Å². The van der Waals surface area contributed by atoms with Crippen LogP contribution in [0.15, 0.2) is 284 Å². The fourth-order valence-electron chi connectivity index (χ4n) is 16.5. The number of pyridine rings is 1. The highest BCUT2D eigenvalue weighted by Crippen LogP contribution is 2.50. The van der Waals surface area contributed by atoms with Crippen LogP contribution in [0.2, 0.25) is 0 Å². The fourth-order valence-corrected chi connectivity index (χ4v) is 16.5. The Balaban J connectivity index is 0.999. The molecule has 0 N–H and O–H groups in total. The van der Waals surface area contributed by atoms with E-state index >= 15 is 0 Å². The Morgan fingerprint density at radius 1 is 0.245 bits per heavy atom. The standard InChI is InChI=1S/C95H82BN5O/c1-92(2,3)63-49-64(93(4,5)6)52-69(51-63)100-86-55-67(97-80-35-23-19-31-72(80)76-47-61(39-45-84(76)97)59-27-15-13-16-28-59)41-43-78(86)96-79-44-42-68(98-81-36-24-20-32-73(81)77-48-62(40-46-85(77)98)60-29-17-14-18-30-60)56-87(79)101(70-53-65(94(7,8)9)50-66(54-70)95(10,11)12)89-58-71(57-88(100)90(89)96)99-82-37-25-21-33-74(82)91(102)75-34-22-26-38-83(75)99/h13-58H,1-12H3. The maximum Gasteiger partial charge on any atom is 0.252 e. The summed E-state index contributed by atoms with van der Waals surface area (Å²) < 4.78 is 7.35. The number of aromatic nitrogens is 3. The molecule has 0 bridgehead atoms. The summed E-state index contributed by atoms with van der Waals surface area (Å²) in [5.74, 6) is 0. The van der Waals surface area contributed by atoms with Crippen molar-refractivity contribution in [1.29, 1.82) is 0 Å². The molecular weight excluding hydrogens is 1240 g/mol. The molecule has 2 aliphatic rings. The second kappa shape index (κ2) is 22.8. The number of para-hydroxylation sites is 4. The first-order valence-electron chi connectivity index (χ1n) is 36.1. The molecule has 0 aliphatic carbocycles. The van der Waals surface area contributed by atoms with Crippen LogP contribution in [-0.2, 0) is 21.7 Å². The summed E-state index contributed by atoms with van der Waals surface area (Å²) in [6.45, 7) is 27.9. The minimum Gasteiger partial charge on any atom is -0.311 e. The van der Waals surface area contributed by atoms with Gasteiger partial charge in [-0.25, -0.2) is 0 Å². The Bertz CT molecular complexity index is 5790. The molecule has 0 saturated heterocycles. The Kier molecular flexibility index (Phi) is 14.0. The molecule has 496 valence electrons. The van der Waals surface area contributed by atoms with Crippen LogP contribution >= 0.6 is 0 Å². The van der Waals surface area contributed by atoms with E-state index in [1.54, 1.807) is 0 Å². The predicted octanol–water partition coefficient (Wildman–Crippen LogP) is 22.9. The third-order valence-electron chi connectivity index (χ3n) is 22.0. The van der Waals surface area contributed by atoms with Crippen molar-refractivity contribution in [1.82, 2.24) is 13.7 Å². The molecule has 18 rings (SSSR count). The van der Waals surface area contributed by atoms with E-state index in [0.717, 1.165) is 84.3 Å². The van der Waals surface area contributed by atoms with Gasteiger partial charge in [0.1, 0.15) is 0 Å². The number of hydrogen-bond acceptors (Lipinski definition) is 3. The van der Waals surface area contributed by atoms with Crippen LogP contribution in [0.1, 0.15) is 105 Å². The summed E-state index contributed by atoms with van der Waals surface area (Å²) in [6, 6.07) is 104. The van der Waals surface area contributed by atoms with Crippen molar-refractivity contribution in [2.75, 3.05) is 9.80 Å². The van der Waals surface area contributed by atoms with Gasteiger partial charge >= 0.3 is 0 Å². The molecule has 2 aliphatic heterocycles. The summed E-state index contributed by atoms with van der Waals surface area (Å²) in [7, 11) is 0. The van der Waals surface area contributed by atoms with Crippen LogP contribution in [0.4, 0.5) is 34.1 Å². The summed E-state index contributed by atoms with van der Waals surface area (Å²) >= 11 is 0. The van der Waals surface area contributed by atoms with Crippen molar-refractivity contribution in [2.24, 2.45) is 0 Å². The van der Waals surface area contributed by atoms with E-state index in [0.29, 0.717) is 10.8 Å². The van der Waals surface area contributed by atoms with Gasteiger partial charge in [0.05, 0.1) is 38.8 Å². The first-order valence-corrected chi connectivity index (χ1v) is 36.1. The van der Waals surface area contributed by atoms with Gasteiger partial charge in [-0.2, -0.15) is 0 Å². The number of fused-ring (bicyclic) bond motifs is 12. The summed E-state index contributed by atoms with van der Waals surface area (Å²) in [4.78, 5) is 20.2. The number of rotatable bonds is 7. The topological polar surface area (TPSA) is 38.3 Å². The van der Waals surface area contributed by atoms with E-state index in [4.69, 9.17) is 0 Å². The van der Waals surface area contributed by atoms with Gasteiger partial charge in [-0.05, 0) is 204 Å². The molecular formula is C95H82BN5O. The van der Waals surface area contributed by atoms with Gasteiger partial charge < -0.3 is 23.5 Å². The second-order valence-electron chi connectivity index (χ2n) is 32.6. The molecule has 102 heavy (non-hydrogen) atoms. The number of nitrogens with zero attached hydrogens (tertiary/aromatic N) is 5. The number of benzene rings is 13. The number of hydrogen-bond donors (Lipinski definition) is 0. The summed E-state index contributed by atoms with van der Waals surface area (Å²) in [6.07, 6.45) is 0. The van der Waals surface area contributed by atoms with Gasteiger partial charge in [0.15, 0.2) is 5.43 Å².